The first-order chi connectivity index (χ1) is 9.65. The normalized spacial score (nSPS) is 13.4. The molecule has 102 valence electrons. The molecule has 3 rings (SSSR count). The quantitative estimate of drug-likeness (QED) is 0.853. The maximum atomic E-state index is 13.7. The molecule has 2 aromatic rings. The summed E-state index contributed by atoms with van der Waals surface area (Å²) in [6, 6.07) is 4.41. The van der Waals surface area contributed by atoms with Crippen LogP contribution in [0.25, 0.3) is 0 Å². The number of nitrogens with zero attached hydrogens (tertiary/aromatic N) is 3. The lowest BCUT2D eigenvalue weighted by atomic mass is 10.1. The predicted octanol–water partition coefficient (Wildman–Crippen LogP) is 2.35. The summed E-state index contributed by atoms with van der Waals surface area (Å²) in [4.78, 5) is 21.9. The third kappa shape index (κ3) is 2.36. The molecule has 0 aliphatic carbocycles. The van der Waals surface area contributed by atoms with Crippen molar-refractivity contribution in [2.75, 3.05) is 0 Å². The standard InChI is InChI=1S/C14H11ClFN3O/c15-11-2-1-3-12(16)10(11)4-14(20)19-6-9-5-17-8-18-13(9)7-19/h1-3,5,8H,4,6-7H2. The Bertz CT molecular complexity index is 632. The maximum absolute atomic E-state index is 13.7. The van der Waals surface area contributed by atoms with Crippen molar-refractivity contribution in [2.45, 2.75) is 19.5 Å². The Morgan fingerprint density at radius 2 is 2.25 bits per heavy atom. The molecule has 2 heterocycles. The Balaban J connectivity index is 1.76. The van der Waals surface area contributed by atoms with Gasteiger partial charge in [-0.25, -0.2) is 14.4 Å². The van der Waals surface area contributed by atoms with E-state index >= 15 is 0 Å². The maximum Gasteiger partial charge on any atom is 0.227 e. The molecule has 1 amide bonds. The van der Waals surface area contributed by atoms with E-state index in [2.05, 4.69) is 9.97 Å². The van der Waals surface area contributed by atoms with Crippen LogP contribution in [0.3, 0.4) is 0 Å². The fourth-order valence-corrected chi connectivity index (χ4v) is 2.47. The molecule has 0 spiro atoms. The average molecular weight is 292 g/mol. The Labute approximate surface area is 120 Å². The molecule has 20 heavy (non-hydrogen) atoms. The third-order valence-corrected chi connectivity index (χ3v) is 3.68. The van der Waals surface area contributed by atoms with Gasteiger partial charge in [0.15, 0.2) is 0 Å². The monoisotopic (exact) mass is 291 g/mol. The van der Waals surface area contributed by atoms with Crippen molar-refractivity contribution in [1.82, 2.24) is 14.9 Å². The van der Waals surface area contributed by atoms with Gasteiger partial charge in [-0.3, -0.25) is 4.79 Å². The number of halogens is 2. The molecule has 1 aromatic carbocycles. The molecular formula is C14H11ClFN3O. The minimum Gasteiger partial charge on any atom is -0.332 e. The summed E-state index contributed by atoms with van der Waals surface area (Å²) in [5, 5.41) is 0.273. The molecule has 1 aliphatic heterocycles. The molecule has 0 radical (unpaired) electrons. The smallest absolute Gasteiger partial charge is 0.227 e. The molecule has 0 fully saturated rings. The zero-order valence-electron chi connectivity index (χ0n) is 10.5. The number of aromatic nitrogens is 2. The highest BCUT2D eigenvalue weighted by Gasteiger charge is 2.25. The van der Waals surface area contributed by atoms with Gasteiger partial charge in [-0.2, -0.15) is 0 Å². The van der Waals surface area contributed by atoms with Gasteiger partial charge in [-0.05, 0) is 12.1 Å². The summed E-state index contributed by atoms with van der Waals surface area (Å²) in [6.07, 6.45) is 3.11. The molecule has 0 saturated carbocycles. The van der Waals surface area contributed by atoms with E-state index in [1.165, 1.54) is 18.5 Å². The molecule has 0 saturated heterocycles. The number of carbonyl (C=O) groups excluding carboxylic acids is 1. The summed E-state index contributed by atoms with van der Waals surface area (Å²) < 4.78 is 13.7. The zero-order valence-corrected chi connectivity index (χ0v) is 11.3. The van der Waals surface area contributed by atoms with E-state index in [1.54, 1.807) is 17.2 Å². The molecule has 4 nitrogen and oxygen atoms in total. The van der Waals surface area contributed by atoms with E-state index in [1.807, 2.05) is 0 Å². The lowest BCUT2D eigenvalue weighted by Crippen LogP contribution is -2.27. The highest BCUT2D eigenvalue weighted by atomic mass is 35.5. The van der Waals surface area contributed by atoms with E-state index in [0.717, 1.165) is 11.3 Å². The van der Waals surface area contributed by atoms with E-state index in [4.69, 9.17) is 11.6 Å². The van der Waals surface area contributed by atoms with Gasteiger partial charge in [-0.15, -0.1) is 0 Å². The number of carbonyl (C=O) groups is 1. The molecule has 0 unspecified atom stereocenters. The Kier molecular flexibility index (Phi) is 3.36. The number of fused-ring (bicyclic) bond motifs is 1. The zero-order chi connectivity index (χ0) is 14.1. The van der Waals surface area contributed by atoms with Crippen molar-refractivity contribution in [3.63, 3.8) is 0 Å². The largest absolute Gasteiger partial charge is 0.332 e. The van der Waals surface area contributed by atoms with Gasteiger partial charge < -0.3 is 4.90 Å². The van der Waals surface area contributed by atoms with Gasteiger partial charge in [0, 0.05) is 28.9 Å². The van der Waals surface area contributed by atoms with Crippen molar-refractivity contribution >= 4 is 17.5 Å². The summed E-state index contributed by atoms with van der Waals surface area (Å²) in [7, 11) is 0. The fourth-order valence-electron chi connectivity index (χ4n) is 2.24. The van der Waals surface area contributed by atoms with Crippen molar-refractivity contribution in [3.05, 3.63) is 58.4 Å². The van der Waals surface area contributed by atoms with Crippen LogP contribution in [0.2, 0.25) is 5.02 Å². The number of benzene rings is 1. The van der Waals surface area contributed by atoms with E-state index < -0.39 is 5.82 Å². The van der Waals surface area contributed by atoms with Crippen LogP contribution in [0.4, 0.5) is 4.39 Å². The van der Waals surface area contributed by atoms with Gasteiger partial charge >= 0.3 is 0 Å². The third-order valence-electron chi connectivity index (χ3n) is 3.33. The van der Waals surface area contributed by atoms with Crippen LogP contribution in [0.15, 0.2) is 30.7 Å². The summed E-state index contributed by atoms with van der Waals surface area (Å²) in [5.74, 6) is -0.627. The topological polar surface area (TPSA) is 46.1 Å². The first kappa shape index (κ1) is 13.0. The first-order valence-corrected chi connectivity index (χ1v) is 6.51. The second-order valence-corrected chi connectivity index (χ2v) is 5.03. The highest BCUT2D eigenvalue weighted by molar-refractivity contribution is 6.31. The van der Waals surface area contributed by atoms with E-state index in [9.17, 15) is 9.18 Å². The Morgan fingerprint density at radius 3 is 3.00 bits per heavy atom. The predicted molar refractivity (Wildman–Crippen MR) is 71.4 cm³/mol. The van der Waals surface area contributed by atoms with Crippen LogP contribution in [-0.4, -0.2) is 20.8 Å². The SMILES string of the molecule is O=C(Cc1c(F)cccc1Cl)N1Cc2cncnc2C1. The summed E-state index contributed by atoms with van der Waals surface area (Å²) >= 11 is 5.94. The van der Waals surface area contributed by atoms with Crippen molar-refractivity contribution in [2.24, 2.45) is 0 Å². The minimum atomic E-state index is -0.456. The van der Waals surface area contributed by atoms with Crippen molar-refractivity contribution in [1.29, 1.82) is 0 Å². The summed E-state index contributed by atoms with van der Waals surface area (Å²) in [6.45, 7) is 0.893. The number of amides is 1. The lowest BCUT2D eigenvalue weighted by molar-refractivity contribution is -0.131. The van der Waals surface area contributed by atoms with Gasteiger partial charge in [0.1, 0.15) is 12.1 Å². The van der Waals surface area contributed by atoms with Gasteiger partial charge in [-0.1, -0.05) is 17.7 Å². The second kappa shape index (κ2) is 5.17. The van der Waals surface area contributed by atoms with Gasteiger partial charge in [0.2, 0.25) is 5.91 Å². The summed E-state index contributed by atoms with van der Waals surface area (Å²) in [5.41, 5.74) is 2.01. The second-order valence-electron chi connectivity index (χ2n) is 4.62. The molecule has 0 N–H and O–H groups in total. The molecule has 1 aromatic heterocycles. The molecule has 0 atom stereocenters. The van der Waals surface area contributed by atoms with Crippen LogP contribution in [0.1, 0.15) is 16.8 Å². The number of hydrogen-bond donors (Lipinski definition) is 0. The van der Waals surface area contributed by atoms with Crippen LogP contribution >= 0.6 is 11.6 Å². The highest BCUT2D eigenvalue weighted by Crippen LogP contribution is 2.23. The molecule has 6 heteroatoms. The van der Waals surface area contributed by atoms with Crippen LogP contribution in [0.5, 0.6) is 0 Å². The average Bonchev–Trinajstić information content (AvgIpc) is 2.87. The number of hydrogen-bond acceptors (Lipinski definition) is 3. The molecular weight excluding hydrogens is 281 g/mol. The van der Waals surface area contributed by atoms with Crippen LogP contribution in [-0.2, 0) is 24.3 Å². The van der Waals surface area contributed by atoms with Gasteiger partial charge in [0.05, 0.1) is 18.7 Å². The van der Waals surface area contributed by atoms with E-state index in [0.29, 0.717) is 13.1 Å². The van der Waals surface area contributed by atoms with Crippen molar-refractivity contribution < 1.29 is 9.18 Å². The number of rotatable bonds is 2. The van der Waals surface area contributed by atoms with Crippen molar-refractivity contribution in [3.8, 4) is 0 Å². The van der Waals surface area contributed by atoms with Gasteiger partial charge in [0.25, 0.3) is 0 Å². The van der Waals surface area contributed by atoms with E-state index in [-0.39, 0.29) is 22.9 Å². The Hall–Kier alpha value is -2.01. The lowest BCUT2D eigenvalue weighted by Gasteiger charge is -2.15. The minimum absolute atomic E-state index is 0.0487. The van der Waals surface area contributed by atoms with Crippen LogP contribution < -0.4 is 0 Å². The first-order valence-electron chi connectivity index (χ1n) is 6.13. The van der Waals surface area contributed by atoms with Crippen LogP contribution in [0, 0.1) is 5.82 Å². The Morgan fingerprint density at radius 1 is 1.40 bits per heavy atom. The fraction of sp³-hybridized carbons (Fsp3) is 0.214. The molecule has 1 aliphatic rings. The molecule has 0 bridgehead atoms.